The van der Waals surface area contributed by atoms with E-state index in [1.165, 1.54) is 0 Å². The molecule has 0 spiro atoms. The number of nitrogens with two attached hydrogens (primary N) is 1. The van der Waals surface area contributed by atoms with Crippen LogP contribution >= 0.6 is 0 Å². The lowest BCUT2D eigenvalue weighted by molar-refractivity contribution is 0.383. The molecule has 0 unspecified atom stereocenters. The van der Waals surface area contributed by atoms with Crippen LogP contribution in [0.25, 0.3) is 0 Å². The van der Waals surface area contributed by atoms with Gasteiger partial charge in [0.2, 0.25) is 5.96 Å². The molecule has 0 aromatic heterocycles. The Kier molecular flexibility index (Phi) is 5.53. The molecule has 0 fully saturated rings. The fourth-order valence-electron chi connectivity index (χ4n) is 1.08. The predicted octanol–water partition coefficient (Wildman–Crippen LogP) is 1.38. The Morgan fingerprint density at radius 3 is 2.14 bits per heavy atom. The number of rotatable bonds is 4. The van der Waals surface area contributed by atoms with Gasteiger partial charge in [-0.3, -0.25) is 5.43 Å². The predicted molar refractivity (Wildman–Crippen MR) is 62.0 cm³/mol. The molecular weight excluding hydrogens is 176 g/mol. The molecule has 14 heavy (non-hydrogen) atoms. The molecule has 0 saturated carbocycles. The summed E-state index contributed by atoms with van der Waals surface area (Å²) in [5, 5.41) is 3.32. The van der Waals surface area contributed by atoms with Gasteiger partial charge in [0, 0.05) is 11.6 Å². The number of aliphatic imine (C=N–C) groups is 1. The molecular formula is C10H24N4. The SMILES string of the molecule is CCC(C)(CC)NC(=NC(C)C)NN. The zero-order valence-corrected chi connectivity index (χ0v) is 10.0. The molecule has 0 heterocycles. The highest BCUT2D eigenvalue weighted by Crippen LogP contribution is 2.12. The van der Waals surface area contributed by atoms with Gasteiger partial charge in [0.1, 0.15) is 0 Å². The first-order chi connectivity index (χ1) is 6.47. The van der Waals surface area contributed by atoms with Crippen molar-refractivity contribution in [2.45, 2.75) is 59.0 Å². The van der Waals surface area contributed by atoms with E-state index < -0.39 is 0 Å². The Morgan fingerprint density at radius 1 is 1.36 bits per heavy atom. The monoisotopic (exact) mass is 200 g/mol. The highest BCUT2D eigenvalue weighted by Gasteiger charge is 2.20. The molecule has 0 saturated heterocycles. The van der Waals surface area contributed by atoms with E-state index in [4.69, 9.17) is 5.84 Å². The van der Waals surface area contributed by atoms with Crippen LogP contribution in [0.1, 0.15) is 47.5 Å². The van der Waals surface area contributed by atoms with Crippen LogP contribution in [-0.2, 0) is 0 Å². The topological polar surface area (TPSA) is 62.4 Å². The average Bonchev–Trinajstić information content (AvgIpc) is 2.16. The molecule has 4 heteroatoms. The second-order valence-electron chi connectivity index (χ2n) is 4.11. The van der Waals surface area contributed by atoms with Crippen LogP contribution in [0.2, 0.25) is 0 Å². The van der Waals surface area contributed by atoms with Gasteiger partial charge < -0.3 is 5.32 Å². The van der Waals surface area contributed by atoms with Crippen LogP contribution in [0.15, 0.2) is 4.99 Å². The first-order valence-electron chi connectivity index (χ1n) is 5.30. The van der Waals surface area contributed by atoms with Crippen LogP contribution in [0.5, 0.6) is 0 Å². The molecule has 0 aliphatic rings. The molecule has 0 aromatic rings. The third kappa shape index (κ3) is 4.46. The number of hydrogen-bond donors (Lipinski definition) is 3. The van der Waals surface area contributed by atoms with E-state index in [0.29, 0.717) is 5.96 Å². The fourth-order valence-corrected chi connectivity index (χ4v) is 1.08. The number of hydrogen-bond acceptors (Lipinski definition) is 2. The van der Waals surface area contributed by atoms with Crippen molar-refractivity contribution in [1.82, 2.24) is 10.7 Å². The highest BCUT2D eigenvalue weighted by atomic mass is 15.3. The number of nitrogens with zero attached hydrogens (tertiary/aromatic N) is 1. The number of guanidine groups is 1. The summed E-state index contributed by atoms with van der Waals surface area (Å²) in [5.41, 5.74) is 2.67. The minimum Gasteiger partial charge on any atom is -0.350 e. The van der Waals surface area contributed by atoms with Crippen molar-refractivity contribution in [1.29, 1.82) is 0 Å². The molecule has 0 rings (SSSR count). The lowest BCUT2D eigenvalue weighted by Gasteiger charge is -2.30. The summed E-state index contributed by atoms with van der Waals surface area (Å²) in [6, 6.07) is 0.242. The zero-order valence-electron chi connectivity index (χ0n) is 10.0. The van der Waals surface area contributed by atoms with Crippen molar-refractivity contribution < 1.29 is 0 Å². The van der Waals surface area contributed by atoms with Crippen molar-refractivity contribution in [3.05, 3.63) is 0 Å². The summed E-state index contributed by atoms with van der Waals surface area (Å²) in [4.78, 5) is 4.35. The molecule has 0 amide bonds. The van der Waals surface area contributed by atoms with Crippen molar-refractivity contribution >= 4 is 5.96 Å². The molecule has 0 aliphatic heterocycles. The average molecular weight is 200 g/mol. The standard InChI is InChI=1S/C10H24N4/c1-6-10(5,7-2)13-9(14-11)12-8(3)4/h8H,6-7,11H2,1-5H3,(H2,12,13,14). The molecule has 4 N–H and O–H groups in total. The van der Waals surface area contributed by atoms with Crippen molar-refractivity contribution in [2.24, 2.45) is 10.8 Å². The minimum absolute atomic E-state index is 0.0695. The van der Waals surface area contributed by atoms with Gasteiger partial charge in [-0.25, -0.2) is 10.8 Å². The van der Waals surface area contributed by atoms with Gasteiger partial charge in [-0.05, 0) is 33.6 Å². The number of nitrogens with one attached hydrogen (secondary N) is 2. The van der Waals surface area contributed by atoms with E-state index in [1.807, 2.05) is 13.8 Å². The van der Waals surface area contributed by atoms with Gasteiger partial charge in [-0.1, -0.05) is 13.8 Å². The van der Waals surface area contributed by atoms with Gasteiger partial charge in [-0.15, -0.1) is 0 Å². The molecule has 0 aromatic carbocycles. The van der Waals surface area contributed by atoms with Gasteiger partial charge in [-0.2, -0.15) is 0 Å². The Hall–Kier alpha value is -0.770. The normalized spacial score (nSPS) is 13.2. The van der Waals surface area contributed by atoms with E-state index in [9.17, 15) is 0 Å². The van der Waals surface area contributed by atoms with E-state index in [1.54, 1.807) is 0 Å². The Bertz CT molecular complexity index is 183. The Morgan fingerprint density at radius 2 is 1.86 bits per heavy atom. The van der Waals surface area contributed by atoms with Gasteiger partial charge in [0.15, 0.2) is 0 Å². The highest BCUT2D eigenvalue weighted by molar-refractivity contribution is 5.80. The second kappa shape index (κ2) is 5.86. The van der Waals surface area contributed by atoms with Crippen LogP contribution in [-0.4, -0.2) is 17.5 Å². The summed E-state index contributed by atoms with van der Waals surface area (Å²) < 4.78 is 0. The maximum atomic E-state index is 5.39. The van der Waals surface area contributed by atoms with Gasteiger partial charge >= 0.3 is 0 Å². The number of hydrazine groups is 1. The third-order valence-electron chi connectivity index (χ3n) is 2.50. The largest absolute Gasteiger partial charge is 0.350 e. The molecule has 84 valence electrons. The summed E-state index contributed by atoms with van der Waals surface area (Å²) in [6.07, 6.45) is 2.09. The smallest absolute Gasteiger partial charge is 0.206 e. The van der Waals surface area contributed by atoms with Crippen molar-refractivity contribution in [3.63, 3.8) is 0 Å². The van der Waals surface area contributed by atoms with E-state index in [-0.39, 0.29) is 11.6 Å². The molecule has 0 aliphatic carbocycles. The third-order valence-corrected chi connectivity index (χ3v) is 2.50. The van der Waals surface area contributed by atoms with E-state index in [0.717, 1.165) is 12.8 Å². The van der Waals surface area contributed by atoms with Gasteiger partial charge in [0.25, 0.3) is 0 Å². The minimum atomic E-state index is 0.0695. The van der Waals surface area contributed by atoms with E-state index >= 15 is 0 Å². The molecule has 0 bridgehead atoms. The lowest BCUT2D eigenvalue weighted by Crippen LogP contribution is -2.52. The first kappa shape index (κ1) is 13.2. The zero-order chi connectivity index (χ0) is 11.2. The van der Waals surface area contributed by atoms with Crippen molar-refractivity contribution in [2.75, 3.05) is 0 Å². The Labute approximate surface area is 87.3 Å². The summed E-state index contributed by atoms with van der Waals surface area (Å²) in [6.45, 7) is 10.5. The Balaban J connectivity index is 4.44. The van der Waals surface area contributed by atoms with Crippen molar-refractivity contribution in [3.8, 4) is 0 Å². The van der Waals surface area contributed by atoms with Crippen LogP contribution in [0.4, 0.5) is 0 Å². The summed E-state index contributed by atoms with van der Waals surface area (Å²) >= 11 is 0. The lowest BCUT2D eigenvalue weighted by atomic mass is 9.96. The van der Waals surface area contributed by atoms with Crippen LogP contribution in [0, 0.1) is 0 Å². The molecule has 4 nitrogen and oxygen atoms in total. The van der Waals surface area contributed by atoms with Gasteiger partial charge in [0.05, 0.1) is 0 Å². The maximum absolute atomic E-state index is 5.39. The van der Waals surface area contributed by atoms with Crippen LogP contribution < -0.4 is 16.6 Å². The summed E-state index contributed by atoms with van der Waals surface area (Å²) in [5.74, 6) is 6.07. The quantitative estimate of drug-likeness (QED) is 0.278. The molecule has 0 atom stereocenters. The second-order valence-corrected chi connectivity index (χ2v) is 4.11. The maximum Gasteiger partial charge on any atom is 0.206 e. The molecule has 0 radical (unpaired) electrons. The first-order valence-corrected chi connectivity index (χ1v) is 5.30. The fraction of sp³-hybridized carbons (Fsp3) is 0.900. The van der Waals surface area contributed by atoms with Crippen LogP contribution in [0.3, 0.4) is 0 Å². The van der Waals surface area contributed by atoms with E-state index in [2.05, 4.69) is 36.5 Å². The summed E-state index contributed by atoms with van der Waals surface area (Å²) in [7, 11) is 0.